The Morgan fingerprint density at radius 1 is 1.11 bits per heavy atom. The number of hydrogen-bond donors (Lipinski definition) is 1. The third kappa shape index (κ3) is 4.23. The van der Waals surface area contributed by atoms with Crippen LogP contribution in [0, 0.1) is 6.92 Å². The van der Waals surface area contributed by atoms with E-state index in [9.17, 15) is 4.79 Å². The van der Waals surface area contributed by atoms with Gasteiger partial charge in [0.15, 0.2) is 0 Å². The second-order valence-electron chi connectivity index (χ2n) is 6.04. The molecular weight excluding hydrogens is 346 g/mol. The molecule has 142 valence electrons. The quantitative estimate of drug-likeness (QED) is 0.595. The van der Waals surface area contributed by atoms with Gasteiger partial charge in [-0.2, -0.15) is 0 Å². The van der Waals surface area contributed by atoms with Gasteiger partial charge in [-0.05, 0) is 37.3 Å². The number of methoxy groups -OCH3 is 2. The molecule has 0 aliphatic heterocycles. The smallest absolute Gasteiger partial charge is 0.259 e. The van der Waals surface area contributed by atoms with Gasteiger partial charge in [-0.3, -0.25) is 4.79 Å². The third-order valence-corrected chi connectivity index (χ3v) is 4.18. The molecule has 0 bridgehead atoms. The number of anilines is 1. The van der Waals surface area contributed by atoms with Gasteiger partial charge < -0.3 is 23.9 Å². The number of ether oxygens (including phenoxy) is 3. The van der Waals surface area contributed by atoms with Crippen LogP contribution in [0.1, 0.15) is 22.5 Å². The van der Waals surface area contributed by atoms with E-state index in [1.807, 2.05) is 24.3 Å². The van der Waals surface area contributed by atoms with Crippen LogP contribution in [0.5, 0.6) is 11.5 Å². The van der Waals surface area contributed by atoms with Crippen LogP contribution in [-0.4, -0.2) is 33.3 Å². The lowest BCUT2D eigenvalue weighted by atomic mass is 10.1. The van der Waals surface area contributed by atoms with E-state index in [0.29, 0.717) is 52.7 Å². The molecule has 0 radical (unpaired) electrons. The lowest BCUT2D eigenvalue weighted by Gasteiger charge is -2.12. The van der Waals surface area contributed by atoms with Crippen molar-refractivity contribution in [2.45, 2.75) is 13.3 Å². The fourth-order valence-electron chi connectivity index (χ4n) is 2.87. The number of fused-ring (bicyclic) bond motifs is 1. The number of furan rings is 1. The van der Waals surface area contributed by atoms with Crippen LogP contribution in [0.25, 0.3) is 11.0 Å². The van der Waals surface area contributed by atoms with Gasteiger partial charge >= 0.3 is 0 Å². The van der Waals surface area contributed by atoms with Gasteiger partial charge in [0.1, 0.15) is 22.8 Å². The van der Waals surface area contributed by atoms with Gasteiger partial charge in [-0.1, -0.05) is 12.1 Å². The molecular formula is C21H23NO5. The van der Waals surface area contributed by atoms with Crippen LogP contribution in [0.3, 0.4) is 0 Å². The van der Waals surface area contributed by atoms with Gasteiger partial charge in [0.2, 0.25) is 0 Å². The molecule has 0 spiro atoms. The first-order chi connectivity index (χ1) is 13.1. The van der Waals surface area contributed by atoms with Crippen molar-refractivity contribution < 1.29 is 23.4 Å². The maximum absolute atomic E-state index is 13.0. The Morgan fingerprint density at radius 3 is 2.70 bits per heavy atom. The summed E-state index contributed by atoms with van der Waals surface area (Å²) in [5.41, 5.74) is 1.73. The summed E-state index contributed by atoms with van der Waals surface area (Å²) in [7, 11) is 3.24. The van der Waals surface area contributed by atoms with Crippen molar-refractivity contribution in [1.29, 1.82) is 0 Å². The van der Waals surface area contributed by atoms with Crippen LogP contribution in [0.2, 0.25) is 0 Å². The van der Waals surface area contributed by atoms with E-state index in [0.717, 1.165) is 6.42 Å². The number of aryl methyl sites for hydroxylation is 1. The summed E-state index contributed by atoms with van der Waals surface area (Å²) in [4.78, 5) is 13.0. The minimum Gasteiger partial charge on any atom is -0.497 e. The van der Waals surface area contributed by atoms with E-state index in [1.165, 1.54) is 0 Å². The molecule has 0 fully saturated rings. The largest absolute Gasteiger partial charge is 0.497 e. The van der Waals surface area contributed by atoms with Crippen LogP contribution in [0.15, 0.2) is 46.9 Å². The summed E-state index contributed by atoms with van der Waals surface area (Å²) in [5.74, 6) is 1.57. The molecule has 2 aromatic carbocycles. The van der Waals surface area contributed by atoms with Crippen molar-refractivity contribution >= 4 is 22.6 Å². The van der Waals surface area contributed by atoms with E-state index in [-0.39, 0.29) is 5.91 Å². The number of para-hydroxylation sites is 2. The molecule has 6 heteroatoms. The van der Waals surface area contributed by atoms with Crippen molar-refractivity contribution in [3.05, 3.63) is 53.8 Å². The number of benzene rings is 2. The molecule has 27 heavy (non-hydrogen) atoms. The maximum atomic E-state index is 13.0. The zero-order chi connectivity index (χ0) is 19.2. The average molecular weight is 369 g/mol. The summed E-state index contributed by atoms with van der Waals surface area (Å²) in [5, 5.41) is 3.64. The standard InChI is InChI=1S/C21H23NO5/c1-14-20(16-13-15(25-3)9-10-18(16)27-14)21(23)22-17-7-4-5-8-19(17)26-12-6-11-24-2/h4-5,7-10,13H,6,11-12H2,1-3H3,(H,22,23). The molecule has 0 saturated carbocycles. The highest BCUT2D eigenvalue weighted by Crippen LogP contribution is 2.31. The third-order valence-electron chi connectivity index (χ3n) is 4.18. The van der Waals surface area contributed by atoms with E-state index >= 15 is 0 Å². The summed E-state index contributed by atoms with van der Waals surface area (Å²) in [6.45, 7) is 2.90. The monoisotopic (exact) mass is 369 g/mol. The topological polar surface area (TPSA) is 69.9 Å². The predicted octanol–water partition coefficient (Wildman–Crippen LogP) is 4.42. The summed E-state index contributed by atoms with van der Waals surface area (Å²) in [6.07, 6.45) is 0.768. The first-order valence-electron chi connectivity index (χ1n) is 8.73. The molecule has 1 aromatic heterocycles. The van der Waals surface area contributed by atoms with E-state index < -0.39 is 0 Å². The highest BCUT2D eigenvalue weighted by molar-refractivity contribution is 6.13. The number of carbonyl (C=O) groups excluding carboxylic acids is 1. The van der Waals surface area contributed by atoms with Gasteiger partial charge in [0.25, 0.3) is 5.91 Å². The minimum atomic E-state index is -0.257. The Morgan fingerprint density at radius 2 is 1.93 bits per heavy atom. The number of carbonyl (C=O) groups is 1. The lowest BCUT2D eigenvalue weighted by molar-refractivity contribution is 0.102. The molecule has 3 rings (SSSR count). The van der Waals surface area contributed by atoms with Crippen molar-refractivity contribution in [1.82, 2.24) is 0 Å². The molecule has 0 aliphatic carbocycles. The Kier molecular flexibility index (Phi) is 5.98. The summed E-state index contributed by atoms with van der Waals surface area (Å²) in [6, 6.07) is 12.7. The number of amides is 1. The lowest BCUT2D eigenvalue weighted by Crippen LogP contribution is -2.14. The highest BCUT2D eigenvalue weighted by Gasteiger charge is 2.20. The van der Waals surface area contributed by atoms with Crippen molar-refractivity contribution in [2.24, 2.45) is 0 Å². The number of rotatable bonds is 8. The fraction of sp³-hybridized carbons (Fsp3) is 0.286. The average Bonchev–Trinajstić information content (AvgIpc) is 3.01. The first-order valence-corrected chi connectivity index (χ1v) is 8.73. The molecule has 0 aliphatic rings. The first kappa shape index (κ1) is 18.8. The normalized spacial score (nSPS) is 10.8. The Bertz CT molecular complexity index is 931. The molecule has 1 amide bonds. The predicted molar refractivity (Wildman–Crippen MR) is 104 cm³/mol. The summed E-state index contributed by atoms with van der Waals surface area (Å²) < 4.78 is 21.8. The summed E-state index contributed by atoms with van der Waals surface area (Å²) >= 11 is 0. The molecule has 1 heterocycles. The van der Waals surface area contributed by atoms with E-state index in [2.05, 4.69) is 5.32 Å². The second-order valence-corrected chi connectivity index (χ2v) is 6.04. The van der Waals surface area contributed by atoms with Gasteiger partial charge in [0, 0.05) is 25.5 Å². The van der Waals surface area contributed by atoms with Crippen LogP contribution in [0.4, 0.5) is 5.69 Å². The van der Waals surface area contributed by atoms with Crippen molar-refractivity contribution in [3.63, 3.8) is 0 Å². The molecule has 3 aromatic rings. The Labute approximate surface area is 158 Å². The van der Waals surface area contributed by atoms with Gasteiger partial charge in [-0.15, -0.1) is 0 Å². The van der Waals surface area contributed by atoms with E-state index in [1.54, 1.807) is 39.3 Å². The van der Waals surface area contributed by atoms with E-state index in [4.69, 9.17) is 18.6 Å². The maximum Gasteiger partial charge on any atom is 0.259 e. The molecule has 0 atom stereocenters. The van der Waals surface area contributed by atoms with Crippen LogP contribution < -0.4 is 14.8 Å². The SMILES string of the molecule is COCCCOc1ccccc1NC(=O)c1c(C)oc2ccc(OC)cc12. The number of hydrogen-bond acceptors (Lipinski definition) is 5. The molecule has 0 unspecified atom stereocenters. The van der Waals surface area contributed by atoms with Crippen molar-refractivity contribution in [3.8, 4) is 11.5 Å². The van der Waals surface area contributed by atoms with Gasteiger partial charge in [0.05, 0.1) is 25.0 Å². The van der Waals surface area contributed by atoms with Gasteiger partial charge in [-0.25, -0.2) is 0 Å². The molecule has 6 nitrogen and oxygen atoms in total. The fourth-order valence-corrected chi connectivity index (χ4v) is 2.87. The Hall–Kier alpha value is -2.99. The van der Waals surface area contributed by atoms with Crippen LogP contribution in [-0.2, 0) is 4.74 Å². The molecule has 0 saturated heterocycles. The number of nitrogens with one attached hydrogen (secondary N) is 1. The zero-order valence-electron chi connectivity index (χ0n) is 15.7. The van der Waals surface area contributed by atoms with Crippen LogP contribution >= 0.6 is 0 Å². The highest BCUT2D eigenvalue weighted by atomic mass is 16.5. The second kappa shape index (κ2) is 8.60. The van der Waals surface area contributed by atoms with Crippen molar-refractivity contribution in [2.75, 3.05) is 32.8 Å². The zero-order valence-corrected chi connectivity index (χ0v) is 15.7. The minimum absolute atomic E-state index is 0.257. The Balaban J connectivity index is 1.84. The molecule has 1 N–H and O–H groups in total.